The number of fused-ring (bicyclic) bond motifs is 1. The minimum absolute atomic E-state index is 0.0389. The van der Waals surface area contributed by atoms with Crippen LogP contribution in [0.15, 0.2) is 17.2 Å². The Morgan fingerprint density at radius 2 is 1.89 bits per heavy atom. The maximum absolute atomic E-state index is 12.2. The third-order valence-electron chi connectivity index (χ3n) is 4.95. The van der Waals surface area contributed by atoms with E-state index in [2.05, 4.69) is 5.10 Å². The Bertz CT molecular complexity index is 935. The molecule has 1 aromatic carbocycles. The Morgan fingerprint density at radius 3 is 2.46 bits per heavy atom. The van der Waals surface area contributed by atoms with Gasteiger partial charge < -0.3 is 14.6 Å². The molecule has 1 aromatic rings. The molecule has 0 spiro atoms. The summed E-state index contributed by atoms with van der Waals surface area (Å²) in [7, 11) is 1.44. The summed E-state index contributed by atoms with van der Waals surface area (Å²) < 4.78 is 12.4. The summed E-state index contributed by atoms with van der Waals surface area (Å²) in [6.45, 7) is 5.66. The standard InChI is InChI=1S/C21H26N2O5/c1-21(2,3)28-20(26)14-7-5-13(6-8-14)11-23-12-15-9-16(19(24)25)18(27-4)10-17(15)22-23/h9-14H,5-8H2,1-4H3/p+1/b23-11-. The molecule has 7 heteroatoms. The van der Waals surface area contributed by atoms with Gasteiger partial charge in [0.1, 0.15) is 22.3 Å². The van der Waals surface area contributed by atoms with Crippen LogP contribution in [0.5, 0.6) is 5.75 Å². The lowest BCUT2D eigenvalue weighted by molar-refractivity contribution is -0.424. The second-order valence-corrected chi connectivity index (χ2v) is 8.32. The Morgan fingerprint density at radius 1 is 1.21 bits per heavy atom. The average molecular weight is 387 g/mol. The number of esters is 1. The first-order valence-corrected chi connectivity index (χ1v) is 9.54. The Labute approximate surface area is 164 Å². The summed E-state index contributed by atoms with van der Waals surface area (Å²) in [5.74, 6) is -0.570. The highest BCUT2D eigenvalue weighted by atomic mass is 16.6. The van der Waals surface area contributed by atoms with Crippen LogP contribution in [0.25, 0.3) is 6.20 Å². The number of methoxy groups -OCH3 is 1. The van der Waals surface area contributed by atoms with E-state index < -0.39 is 11.6 Å². The van der Waals surface area contributed by atoms with Crippen LogP contribution in [-0.4, -0.2) is 40.7 Å². The molecule has 7 nitrogen and oxygen atoms in total. The molecule has 0 unspecified atom stereocenters. The van der Waals surface area contributed by atoms with Gasteiger partial charge in [0.15, 0.2) is 6.21 Å². The molecule has 1 heterocycles. The van der Waals surface area contributed by atoms with Crippen LogP contribution in [0.2, 0.25) is 0 Å². The van der Waals surface area contributed by atoms with Crippen LogP contribution in [0, 0.1) is 11.8 Å². The highest BCUT2D eigenvalue weighted by Gasteiger charge is 2.31. The van der Waals surface area contributed by atoms with Crippen molar-refractivity contribution in [3.63, 3.8) is 0 Å². The molecule has 0 atom stereocenters. The number of aromatic carboxylic acids is 1. The van der Waals surface area contributed by atoms with Crippen molar-refractivity contribution in [1.82, 2.24) is 0 Å². The first-order chi connectivity index (χ1) is 13.2. The van der Waals surface area contributed by atoms with E-state index >= 15 is 0 Å². The fraction of sp³-hybridized carbons (Fsp3) is 0.524. The van der Waals surface area contributed by atoms with Crippen LogP contribution >= 0.6 is 0 Å². The zero-order valence-electron chi connectivity index (χ0n) is 16.8. The first-order valence-electron chi connectivity index (χ1n) is 9.54. The molecule has 1 aliphatic carbocycles. The van der Waals surface area contributed by atoms with E-state index in [-0.39, 0.29) is 17.5 Å². The fourth-order valence-corrected chi connectivity index (χ4v) is 3.59. The van der Waals surface area contributed by atoms with E-state index in [1.807, 2.05) is 33.2 Å². The lowest BCUT2D eigenvalue weighted by atomic mass is 9.82. The van der Waals surface area contributed by atoms with Crippen molar-refractivity contribution in [2.24, 2.45) is 16.9 Å². The van der Waals surface area contributed by atoms with Crippen molar-refractivity contribution in [2.45, 2.75) is 52.1 Å². The van der Waals surface area contributed by atoms with Gasteiger partial charge in [-0.1, -0.05) is 4.68 Å². The quantitative estimate of drug-likeness (QED) is 0.630. The zero-order valence-corrected chi connectivity index (χ0v) is 16.8. The monoisotopic (exact) mass is 387 g/mol. The van der Waals surface area contributed by atoms with Crippen molar-refractivity contribution in [2.75, 3.05) is 7.11 Å². The molecule has 1 saturated carbocycles. The van der Waals surface area contributed by atoms with E-state index in [9.17, 15) is 14.7 Å². The van der Waals surface area contributed by atoms with Gasteiger partial charge >= 0.3 is 11.9 Å². The topological polar surface area (TPSA) is 88.2 Å². The molecule has 0 aromatic heterocycles. The lowest BCUT2D eigenvalue weighted by Gasteiger charge is -2.27. The van der Waals surface area contributed by atoms with Gasteiger partial charge in [-0.2, -0.15) is 0 Å². The molecule has 0 bridgehead atoms. The molecular weight excluding hydrogens is 360 g/mol. The van der Waals surface area contributed by atoms with Crippen molar-refractivity contribution >= 4 is 24.4 Å². The van der Waals surface area contributed by atoms with Gasteiger partial charge in [-0.25, -0.2) is 4.79 Å². The lowest BCUT2D eigenvalue weighted by Crippen LogP contribution is -2.31. The minimum Gasteiger partial charge on any atom is -0.496 e. The third-order valence-corrected chi connectivity index (χ3v) is 4.95. The van der Waals surface area contributed by atoms with Crippen LogP contribution < -0.4 is 15.3 Å². The Kier molecular flexibility index (Phi) is 5.54. The number of ether oxygens (including phenoxy) is 2. The number of carboxylic acids is 1. The number of benzene rings is 1. The van der Waals surface area contributed by atoms with E-state index in [1.54, 1.807) is 16.8 Å². The van der Waals surface area contributed by atoms with Crippen molar-refractivity contribution in [3.8, 4) is 5.75 Å². The van der Waals surface area contributed by atoms with Gasteiger partial charge in [0.05, 0.1) is 18.2 Å². The summed E-state index contributed by atoms with van der Waals surface area (Å²) in [4.78, 5) is 23.6. The molecule has 150 valence electrons. The molecule has 2 aliphatic rings. The van der Waals surface area contributed by atoms with Gasteiger partial charge in [-0.3, -0.25) is 4.79 Å². The molecule has 0 amide bonds. The molecule has 1 fully saturated rings. The number of nitrogens with zero attached hydrogens (tertiary/aromatic N) is 2. The summed E-state index contributed by atoms with van der Waals surface area (Å²) in [5, 5.41) is 15.3. The molecule has 28 heavy (non-hydrogen) atoms. The molecule has 1 N–H and O–H groups in total. The van der Waals surface area contributed by atoms with Gasteiger partial charge in [0.25, 0.3) is 0 Å². The van der Waals surface area contributed by atoms with Gasteiger partial charge in [-0.15, -0.1) is 0 Å². The summed E-state index contributed by atoms with van der Waals surface area (Å²) >= 11 is 0. The predicted octanol–water partition coefficient (Wildman–Crippen LogP) is 1.91. The van der Waals surface area contributed by atoms with E-state index in [0.29, 0.717) is 17.0 Å². The van der Waals surface area contributed by atoms with E-state index in [1.165, 1.54) is 7.11 Å². The highest BCUT2D eigenvalue weighted by molar-refractivity contribution is 5.90. The average Bonchev–Trinajstić information content (AvgIpc) is 3.00. The van der Waals surface area contributed by atoms with E-state index in [0.717, 1.165) is 30.9 Å². The Hall–Kier alpha value is -2.70. The van der Waals surface area contributed by atoms with Crippen LogP contribution in [0.3, 0.4) is 0 Å². The SMILES string of the molecule is COc1cc2c(cc1C(=O)O)=C/[N+](=C/C1CCC(C(=O)OC(C)(C)C)CC1)N=2. The maximum Gasteiger partial charge on any atom is 0.339 e. The zero-order chi connectivity index (χ0) is 20.5. The van der Waals surface area contributed by atoms with Crippen LogP contribution in [-0.2, 0) is 9.53 Å². The van der Waals surface area contributed by atoms with Crippen molar-refractivity contribution in [3.05, 3.63) is 28.3 Å². The molecule has 1 aliphatic heterocycles. The number of hydrogen-bond acceptors (Lipinski definition) is 5. The second kappa shape index (κ2) is 7.73. The predicted molar refractivity (Wildman–Crippen MR) is 103 cm³/mol. The molecule has 0 saturated heterocycles. The minimum atomic E-state index is -1.03. The Balaban J connectivity index is 1.70. The molecule has 0 radical (unpaired) electrons. The molecule has 3 rings (SSSR count). The van der Waals surface area contributed by atoms with E-state index in [4.69, 9.17) is 9.47 Å². The maximum atomic E-state index is 12.2. The summed E-state index contributed by atoms with van der Waals surface area (Å²) in [6, 6.07) is 3.22. The highest BCUT2D eigenvalue weighted by Crippen LogP contribution is 2.29. The first kappa shape index (κ1) is 20.0. The third kappa shape index (κ3) is 4.58. The fourth-order valence-electron chi connectivity index (χ4n) is 3.59. The van der Waals surface area contributed by atoms with Crippen LogP contribution in [0.4, 0.5) is 0 Å². The van der Waals surface area contributed by atoms with Gasteiger partial charge in [0, 0.05) is 17.1 Å². The second-order valence-electron chi connectivity index (χ2n) is 8.32. The molecular formula is C21H27N2O5+. The van der Waals surface area contributed by atoms with Gasteiger partial charge in [0.2, 0.25) is 6.20 Å². The number of carbonyl (C=O) groups is 2. The number of carbonyl (C=O) groups excluding carboxylic acids is 1. The summed E-state index contributed by atoms with van der Waals surface area (Å²) in [5.41, 5.74) is -0.335. The normalized spacial score (nSPS) is 22.8. The van der Waals surface area contributed by atoms with Gasteiger partial charge in [-0.05, 0) is 52.5 Å². The summed E-state index contributed by atoms with van der Waals surface area (Å²) in [6.07, 6.45) is 7.24. The van der Waals surface area contributed by atoms with Crippen LogP contribution in [0.1, 0.15) is 56.8 Å². The largest absolute Gasteiger partial charge is 0.496 e. The number of hydrogen-bond donors (Lipinski definition) is 1. The van der Waals surface area contributed by atoms with Crippen molar-refractivity contribution in [1.29, 1.82) is 0 Å². The van der Waals surface area contributed by atoms with Crippen molar-refractivity contribution < 1.29 is 28.9 Å². The smallest absolute Gasteiger partial charge is 0.339 e. The number of carboxylic acid groups (broad SMARTS) is 1. The number of rotatable bonds is 4.